The number of urea groups is 1. The fraction of sp³-hybridized carbons (Fsp3) is 0.185. The molecule has 4 aromatic rings. The van der Waals surface area contributed by atoms with Crippen molar-refractivity contribution in [2.24, 2.45) is 11.5 Å². The number of fused-ring (bicyclic) bond motifs is 1. The first kappa shape index (κ1) is 31.0. The molecule has 41 heavy (non-hydrogen) atoms. The summed E-state index contributed by atoms with van der Waals surface area (Å²) in [5.41, 5.74) is 12.9. The quantitative estimate of drug-likeness (QED) is 0.262. The minimum absolute atomic E-state index is 0.0254. The Labute approximate surface area is 245 Å². The van der Waals surface area contributed by atoms with Gasteiger partial charge in [-0.3, -0.25) is 19.7 Å². The van der Waals surface area contributed by atoms with E-state index in [-0.39, 0.29) is 31.3 Å². The number of aromatic nitrogens is 3. The van der Waals surface area contributed by atoms with Gasteiger partial charge in [0, 0.05) is 41.3 Å². The fourth-order valence-electron chi connectivity index (χ4n) is 3.75. The van der Waals surface area contributed by atoms with Crippen LogP contribution in [-0.2, 0) is 6.54 Å². The SMILES string of the molecule is COc1cc(OC)c(Cl)c(-c2ccc(C(=O)O)c3nccnc23)c1Cl.C[N+](C)(Cc1ccc(C(N)=O)nc1)C(N)=O. The first-order chi connectivity index (χ1) is 19.3. The number of carbonyl (C=O) groups excluding carboxylic acids is 2. The maximum atomic E-state index is 11.4. The fourth-order valence-corrected chi connectivity index (χ4v) is 4.46. The Balaban J connectivity index is 0.000000250. The van der Waals surface area contributed by atoms with Crippen LogP contribution in [0.5, 0.6) is 11.5 Å². The van der Waals surface area contributed by atoms with Crippen molar-refractivity contribution in [2.75, 3.05) is 28.3 Å². The van der Waals surface area contributed by atoms with Gasteiger partial charge < -0.3 is 26.0 Å². The summed E-state index contributed by atoms with van der Waals surface area (Å²) in [7, 11) is 6.35. The van der Waals surface area contributed by atoms with Crippen molar-refractivity contribution in [3.05, 3.63) is 75.8 Å². The molecule has 0 aliphatic rings. The van der Waals surface area contributed by atoms with E-state index in [9.17, 15) is 19.5 Å². The van der Waals surface area contributed by atoms with Crippen LogP contribution in [-0.4, -0.2) is 70.8 Å². The molecule has 0 aliphatic carbocycles. The lowest BCUT2D eigenvalue weighted by molar-refractivity contribution is -0.821. The van der Waals surface area contributed by atoms with Crippen molar-refractivity contribution in [2.45, 2.75) is 6.54 Å². The Morgan fingerprint density at radius 3 is 1.95 bits per heavy atom. The number of hydrogen-bond donors (Lipinski definition) is 3. The van der Waals surface area contributed by atoms with E-state index in [4.69, 9.17) is 44.1 Å². The standard InChI is InChI=1S/C17H12Cl2N2O4.C10H14N4O2/c1-24-10-7-11(25-2)14(19)12(13(10)18)8-3-4-9(17(22)23)16-15(8)20-5-6-21-16;1-14(2,10(12)16)6-7-3-4-8(9(11)15)13-5-7/h3-7H,1-2H3,(H,22,23);3-5H,6H2,1-2H3,(H3-,11,12,15,16)/p+1. The van der Waals surface area contributed by atoms with Gasteiger partial charge in [0.05, 0.1) is 49.4 Å². The highest BCUT2D eigenvalue weighted by Crippen LogP contribution is 2.47. The summed E-state index contributed by atoms with van der Waals surface area (Å²) in [6, 6.07) is 7.40. The Hall–Kier alpha value is -4.52. The Morgan fingerprint density at radius 2 is 1.49 bits per heavy atom. The van der Waals surface area contributed by atoms with Gasteiger partial charge in [0.15, 0.2) is 0 Å². The second kappa shape index (κ2) is 12.8. The summed E-state index contributed by atoms with van der Waals surface area (Å²) in [4.78, 5) is 45.6. The predicted octanol–water partition coefficient (Wildman–Crippen LogP) is 4.15. The lowest BCUT2D eigenvalue weighted by atomic mass is 10.00. The van der Waals surface area contributed by atoms with E-state index >= 15 is 0 Å². The molecule has 0 radical (unpaired) electrons. The van der Waals surface area contributed by atoms with Gasteiger partial charge in [0.2, 0.25) is 0 Å². The van der Waals surface area contributed by atoms with Crippen LogP contribution in [0.3, 0.4) is 0 Å². The van der Waals surface area contributed by atoms with Gasteiger partial charge in [-0.15, -0.1) is 0 Å². The zero-order valence-corrected chi connectivity index (χ0v) is 24.0. The van der Waals surface area contributed by atoms with Crippen molar-refractivity contribution in [1.82, 2.24) is 15.0 Å². The number of primary amides is 2. The van der Waals surface area contributed by atoms with Crippen LogP contribution in [0.25, 0.3) is 22.2 Å². The summed E-state index contributed by atoms with van der Waals surface area (Å²) in [6.45, 7) is 0.418. The number of hydrogen-bond acceptors (Lipinski definition) is 8. The second-order valence-corrected chi connectivity index (χ2v) is 9.86. The van der Waals surface area contributed by atoms with Gasteiger partial charge in [-0.25, -0.2) is 14.1 Å². The lowest BCUT2D eigenvalue weighted by Gasteiger charge is -2.23. The van der Waals surface area contributed by atoms with E-state index in [0.717, 1.165) is 5.56 Å². The molecule has 2 aromatic heterocycles. The minimum atomic E-state index is -1.10. The summed E-state index contributed by atoms with van der Waals surface area (Å²) in [5.74, 6) is -0.929. The van der Waals surface area contributed by atoms with E-state index in [1.54, 1.807) is 32.3 Å². The van der Waals surface area contributed by atoms with E-state index in [1.165, 1.54) is 44.9 Å². The molecule has 0 fully saturated rings. The van der Waals surface area contributed by atoms with Crippen LogP contribution in [0.2, 0.25) is 10.0 Å². The smallest absolute Gasteiger partial charge is 0.413 e. The lowest BCUT2D eigenvalue weighted by Crippen LogP contribution is -2.48. The molecular formula is C27H27Cl2N6O6+. The number of nitrogens with zero attached hydrogens (tertiary/aromatic N) is 4. The number of pyridine rings is 1. The number of methoxy groups -OCH3 is 2. The third-order valence-electron chi connectivity index (χ3n) is 5.95. The summed E-state index contributed by atoms with van der Waals surface area (Å²) < 4.78 is 10.6. The minimum Gasteiger partial charge on any atom is -0.495 e. The predicted molar refractivity (Wildman–Crippen MR) is 153 cm³/mol. The molecule has 0 saturated heterocycles. The zero-order valence-electron chi connectivity index (χ0n) is 22.5. The zero-order chi connectivity index (χ0) is 30.5. The summed E-state index contributed by atoms with van der Waals surface area (Å²) in [6.07, 6.45) is 4.41. The molecule has 2 heterocycles. The van der Waals surface area contributed by atoms with E-state index in [1.807, 2.05) is 0 Å². The van der Waals surface area contributed by atoms with Crippen LogP contribution >= 0.6 is 23.2 Å². The van der Waals surface area contributed by atoms with E-state index in [0.29, 0.717) is 34.7 Å². The monoisotopic (exact) mass is 601 g/mol. The van der Waals surface area contributed by atoms with Gasteiger partial charge in [0.25, 0.3) is 5.91 Å². The molecule has 5 N–H and O–H groups in total. The van der Waals surface area contributed by atoms with Gasteiger partial charge in [-0.05, 0) is 18.2 Å². The average molecular weight is 602 g/mol. The highest BCUT2D eigenvalue weighted by molar-refractivity contribution is 6.41. The number of ether oxygens (including phenoxy) is 2. The van der Waals surface area contributed by atoms with Gasteiger partial charge >= 0.3 is 12.0 Å². The highest BCUT2D eigenvalue weighted by atomic mass is 35.5. The molecule has 214 valence electrons. The van der Waals surface area contributed by atoms with E-state index < -0.39 is 17.9 Å². The molecule has 14 heteroatoms. The third-order valence-corrected chi connectivity index (χ3v) is 6.70. The first-order valence-corrected chi connectivity index (χ1v) is 12.5. The van der Waals surface area contributed by atoms with Crippen LogP contribution in [0.4, 0.5) is 4.79 Å². The molecule has 0 unspecified atom stereocenters. The molecule has 0 bridgehead atoms. The molecule has 0 atom stereocenters. The van der Waals surface area contributed by atoms with Crippen LogP contribution in [0.1, 0.15) is 26.4 Å². The van der Waals surface area contributed by atoms with Crippen molar-refractivity contribution in [3.63, 3.8) is 0 Å². The number of benzene rings is 2. The van der Waals surface area contributed by atoms with Crippen molar-refractivity contribution >= 4 is 52.1 Å². The molecule has 0 spiro atoms. The molecule has 12 nitrogen and oxygen atoms in total. The normalized spacial score (nSPS) is 10.9. The number of quaternary nitrogens is 1. The topological polar surface area (TPSA) is 181 Å². The maximum Gasteiger partial charge on any atom is 0.413 e. The molecule has 0 aliphatic heterocycles. The van der Waals surface area contributed by atoms with Gasteiger partial charge in [0.1, 0.15) is 29.3 Å². The third kappa shape index (κ3) is 6.80. The number of carbonyl (C=O) groups is 3. The summed E-state index contributed by atoms with van der Waals surface area (Å²) >= 11 is 12.9. The number of rotatable bonds is 7. The number of halogens is 2. The molecule has 2 aromatic carbocycles. The van der Waals surface area contributed by atoms with Crippen molar-refractivity contribution < 1.29 is 33.4 Å². The Kier molecular flexibility index (Phi) is 9.66. The largest absolute Gasteiger partial charge is 0.495 e. The Morgan fingerprint density at radius 1 is 0.902 bits per heavy atom. The second-order valence-electron chi connectivity index (χ2n) is 9.10. The van der Waals surface area contributed by atoms with Crippen LogP contribution < -0.4 is 20.9 Å². The summed E-state index contributed by atoms with van der Waals surface area (Å²) in [5, 5.41) is 9.89. The maximum absolute atomic E-state index is 11.4. The number of nitrogens with two attached hydrogens (primary N) is 2. The Bertz CT molecular complexity index is 1600. The van der Waals surface area contributed by atoms with Crippen LogP contribution in [0, 0.1) is 0 Å². The first-order valence-electron chi connectivity index (χ1n) is 11.8. The number of aromatic carboxylic acids is 1. The van der Waals surface area contributed by atoms with Gasteiger partial charge in [-0.1, -0.05) is 29.3 Å². The van der Waals surface area contributed by atoms with Crippen molar-refractivity contribution in [3.8, 4) is 22.6 Å². The molecule has 3 amide bonds. The number of carboxylic acids is 1. The van der Waals surface area contributed by atoms with Gasteiger partial charge in [-0.2, -0.15) is 0 Å². The van der Waals surface area contributed by atoms with Crippen LogP contribution in [0.15, 0.2) is 48.9 Å². The number of carboxylic acid groups (broad SMARTS) is 1. The van der Waals surface area contributed by atoms with E-state index in [2.05, 4.69) is 15.0 Å². The molecular weight excluding hydrogens is 575 g/mol. The number of amides is 3. The highest BCUT2D eigenvalue weighted by Gasteiger charge is 2.24. The molecule has 4 rings (SSSR count). The average Bonchev–Trinajstić information content (AvgIpc) is 2.93. The van der Waals surface area contributed by atoms with Crippen molar-refractivity contribution in [1.29, 1.82) is 0 Å². The molecule has 0 saturated carbocycles.